The zero-order chi connectivity index (χ0) is 19.7. The van der Waals surface area contributed by atoms with Gasteiger partial charge in [-0.3, -0.25) is 4.79 Å². The van der Waals surface area contributed by atoms with Gasteiger partial charge in [0.25, 0.3) is 5.91 Å². The van der Waals surface area contributed by atoms with Crippen LogP contribution in [0.15, 0.2) is 57.8 Å². The van der Waals surface area contributed by atoms with E-state index in [1.54, 1.807) is 30.0 Å². The SMILES string of the molecule is CCS(=O)(=O)c1ccccc1C(=O)N1CCC(c2nc3ccccc3o2)CC1. The molecule has 0 N–H and O–H groups in total. The lowest BCUT2D eigenvalue weighted by molar-refractivity contribution is 0.0703. The molecule has 0 radical (unpaired) electrons. The lowest BCUT2D eigenvalue weighted by Gasteiger charge is -2.31. The highest BCUT2D eigenvalue weighted by atomic mass is 32.2. The zero-order valence-electron chi connectivity index (χ0n) is 15.7. The van der Waals surface area contributed by atoms with Gasteiger partial charge in [-0.2, -0.15) is 0 Å². The van der Waals surface area contributed by atoms with E-state index >= 15 is 0 Å². The molecule has 0 bridgehead atoms. The lowest BCUT2D eigenvalue weighted by Crippen LogP contribution is -2.38. The fourth-order valence-corrected chi connectivity index (χ4v) is 4.72. The largest absolute Gasteiger partial charge is 0.440 e. The van der Waals surface area contributed by atoms with Crippen LogP contribution in [0.3, 0.4) is 0 Å². The van der Waals surface area contributed by atoms with E-state index in [-0.39, 0.29) is 28.0 Å². The fraction of sp³-hybridized carbons (Fsp3) is 0.333. The van der Waals surface area contributed by atoms with E-state index in [4.69, 9.17) is 4.42 Å². The molecule has 3 aromatic rings. The van der Waals surface area contributed by atoms with Crippen molar-refractivity contribution in [2.24, 2.45) is 0 Å². The molecule has 0 spiro atoms. The van der Waals surface area contributed by atoms with Crippen molar-refractivity contribution in [3.63, 3.8) is 0 Å². The molecule has 1 saturated heterocycles. The van der Waals surface area contributed by atoms with Crippen LogP contribution >= 0.6 is 0 Å². The number of aromatic nitrogens is 1. The van der Waals surface area contributed by atoms with Crippen molar-refractivity contribution < 1.29 is 17.6 Å². The topological polar surface area (TPSA) is 80.5 Å². The van der Waals surface area contributed by atoms with E-state index in [0.29, 0.717) is 19.0 Å². The average molecular weight is 398 g/mol. The molecule has 7 heteroatoms. The van der Waals surface area contributed by atoms with E-state index in [0.717, 1.165) is 23.9 Å². The Morgan fingerprint density at radius 3 is 2.50 bits per heavy atom. The van der Waals surface area contributed by atoms with E-state index in [1.165, 1.54) is 6.07 Å². The van der Waals surface area contributed by atoms with Crippen LogP contribution in [0.1, 0.15) is 41.9 Å². The number of sulfone groups is 1. The quantitative estimate of drug-likeness (QED) is 0.670. The van der Waals surface area contributed by atoms with Gasteiger partial charge in [-0.05, 0) is 37.1 Å². The van der Waals surface area contributed by atoms with Gasteiger partial charge in [0.1, 0.15) is 5.52 Å². The number of likely N-dealkylation sites (tertiary alicyclic amines) is 1. The van der Waals surface area contributed by atoms with Gasteiger partial charge in [-0.15, -0.1) is 0 Å². The molecule has 146 valence electrons. The third-order valence-electron chi connectivity index (χ3n) is 5.27. The monoisotopic (exact) mass is 398 g/mol. The molecule has 0 atom stereocenters. The average Bonchev–Trinajstić information content (AvgIpc) is 3.17. The van der Waals surface area contributed by atoms with Crippen molar-refractivity contribution in [1.29, 1.82) is 0 Å². The number of para-hydroxylation sites is 2. The molecule has 2 aromatic carbocycles. The summed E-state index contributed by atoms with van der Waals surface area (Å²) in [5, 5.41) is 0. The van der Waals surface area contributed by atoms with E-state index < -0.39 is 9.84 Å². The molecule has 1 amide bonds. The number of amides is 1. The number of oxazole rings is 1. The molecule has 1 aliphatic heterocycles. The maximum absolute atomic E-state index is 13.0. The summed E-state index contributed by atoms with van der Waals surface area (Å²) in [5.74, 6) is 0.605. The highest BCUT2D eigenvalue weighted by Crippen LogP contribution is 2.31. The Kier molecular flexibility index (Phi) is 4.93. The van der Waals surface area contributed by atoms with Gasteiger partial charge in [0.15, 0.2) is 21.3 Å². The first-order valence-corrected chi connectivity index (χ1v) is 11.1. The molecule has 1 fully saturated rings. The minimum atomic E-state index is -3.45. The molecule has 1 aliphatic rings. The summed E-state index contributed by atoms with van der Waals surface area (Å²) in [5.41, 5.74) is 1.87. The van der Waals surface area contributed by atoms with Crippen LogP contribution in [-0.4, -0.2) is 43.1 Å². The number of nitrogens with zero attached hydrogens (tertiary/aromatic N) is 2. The lowest BCUT2D eigenvalue weighted by atomic mass is 9.96. The summed E-state index contributed by atoms with van der Waals surface area (Å²) in [6.07, 6.45) is 1.47. The van der Waals surface area contributed by atoms with Crippen LogP contribution in [0, 0.1) is 0 Å². The Morgan fingerprint density at radius 1 is 1.11 bits per heavy atom. The molecule has 28 heavy (non-hydrogen) atoms. The summed E-state index contributed by atoms with van der Waals surface area (Å²) < 4.78 is 30.6. The van der Waals surface area contributed by atoms with Gasteiger partial charge in [-0.25, -0.2) is 13.4 Å². The van der Waals surface area contributed by atoms with Crippen molar-refractivity contribution in [2.75, 3.05) is 18.8 Å². The van der Waals surface area contributed by atoms with Gasteiger partial charge < -0.3 is 9.32 Å². The Balaban J connectivity index is 1.50. The summed E-state index contributed by atoms with van der Waals surface area (Å²) in [7, 11) is -3.45. The minimum absolute atomic E-state index is 0.0307. The first-order chi connectivity index (χ1) is 13.5. The van der Waals surface area contributed by atoms with Crippen molar-refractivity contribution in [2.45, 2.75) is 30.6 Å². The maximum atomic E-state index is 13.0. The van der Waals surface area contributed by atoms with Crippen molar-refractivity contribution in [3.05, 3.63) is 60.0 Å². The minimum Gasteiger partial charge on any atom is -0.440 e. The van der Waals surface area contributed by atoms with Gasteiger partial charge in [0, 0.05) is 19.0 Å². The summed E-state index contributed by atoms with van der Waals surface area (Å²) in [4.78, 5) is 19.4. The standard InChI is InChI=1S/C21H22N2O4S/c1-2-28(25,26)19-10-6-3-7-16(19)21(24)23-13-11-15(12-14-23)20-22-17-8-4-5-9-18(17)27-20/h3-10,15H,2,11-14H2,1H3. The molecule has 0 saturated carbocycles. The summed E-state index contributed by atoms with van der Waals surface area (Å²) in [6, 6.07) is 14.1. The zero-order valence-corrected chi connectivity index (χ0v) is 16.5. The number of fused-ring (bicyclic) bond motifs is 1. The van der Waals surface area contributed by atoms with Gasteiger partial charge in [-0.1, -0.05) is 31.2 Å². The highest BCUT2D eigenvalue weighted by molar-refractivity contribution is 7.91. The van der Waals surface area contributed by atoms with Crippen molar-refractivity contribution in [1.82, 2.24) is 9.88 Å². The van der Waals surface area contributed by atoms with Crippen LogP contribution in [0.4, 0.5) is 0 Å². The Hall–Kier alpha value is -2.67. The normalized spacial score (nSPS) is 15.8. The van der Waals surface area contributed by atoms with E-state index in [9.17, 15) is 13.2 Å². The molecule has 2 heterocycles. The summed E-state index contributed by atoms with van der Waals surface area (Å²) in [6.45, 7) is 2.67. The molecule has 0 aliphatic carbocycles. The van der Waals surface area contributed by atoms with Crippen LogP contribution in [0.25, 0.3) is 11.1 Å². The highest BCUT2D eigenvalue weighted by Gasteiger charge is 2.30. The fourth-order valence-electron chi connectivity index (χ4n) is 3.63. The van der Waals surface area contributed by atoms with Crippen LogP contribution < -0.4 is 0 Å². The number of carbonyl (C=O) groups is 1. The predicted molar refractivity (Wildman–Crippen MR) is 106 cm³/mol. The van der Waals surface area contributed by atoms with E-state index in [2.05, 4.69) is 4.98 Å². The third kappa shape index (κ3) is 3.42. The molecular formula is C21H22N2O4S. The van der Waals surface area contributed by atoms with Gasteiger partial charge in [0.2, 0.25) is 0 Å². The van der Waals surface area contributed by atoms with Crippen LogP contribution in [-0.2, 0) is 9.84 Å². The van der Waals surface area contributed by atoms with Crippen molar-refractivity contribution in [3.8, 4) is 0 Å². The number of hydrogen-bond acceptors (Lipinski definition) is 5. The predicted octanol–water partition coefficient (Wildman–Crippen LogP) is 3.64. The maximum Gasteiger partial charge on any atom is 0.255 e. The number of rotatable bonds is 4. The Bertz CT molecular complexity index is 1080. The molecule has 1 aromatic heterocycles. The van der Waals surface area contributed by atoms with Gasteiger partial charge >= 0.3 is 0 Å². The smallest absolute Gasteiger partial charge is 0.255 e. The number of piperidine rings is 1. The number of carbonyl (C=O) groups excluding carboxylic acids is 1. The second-order valence-corrected chi connectivity index (χ2v) is 9.23. The third-order valence-corrected chi connectivity index (χ3v) is 7.06. The van der Waals surface area contributed by atoms with Crippen LogP contribution in [0.5, 0.6) is 0 Å². The second kappa shape index (κ2) is 7.39. The summed E-state index contributed by atoms with van der Waals surface area (Å²) >= 11 is 0. The number of hydrogen-bond donors (Lipinski definition) is 0. The van der Waals surface area contributed by atoms with Crippen LogP contribution in [0.2, 0.25) is 0 Å². The Morgan fingerprint density at radius 2 is 1.79 bits per heavy atom. The second-order valence-electron chi connectivity index (χ2n) is 6.99. The molecule has 4 rings (SSSR count). The molecular weight excluding hydrogens is 376 g/mol. The Labute approximate surface area is 164 Å². The first-order valence-electron chi connectivity index (χ1n) is 9.46. The van der Waals surface area contributed by atoms with Crippen molar-refractivity contribution >= 4 is 26.8 Å². The van der Waals surface area contributed by atoms with Gasteiger partial charge in [0.05, 0.1) is 16.2 Å². The molecule has 6 nitrogen and oxygen atoms in total. The van der Waals surface area contributed by atoms with E-state index in [1.807, 2.05) is 24.3 Å². The molecule has 0 unspecified atom stereocenters. The first kappa shape index (κ1) is 18.7. The number of benzene rings is 2.